The van der Waals surface area contributed by atoms with Crippen LogP contribution in [0.4, 0.5) is 4.39 Å². The first kappa shape index (κ1) is 12.6. The van der Waals surface area contributed by atoms with E-state index in [1.54, 1.807) is 35.2 Å². The van der Waals surface area contributed by atoms with E-state index in [2.05, 4.69) is 18.4 Å². The summed E-state index contributed by atoms with van der Waals surface area (Å²) in [5.41, 5.74) is 7.14. The van der Waals surface area contributed by atoms with Gasteiger partial charge in [0.15, 0.2) is 0 Å². The van der Waals surface area contributed by atoms with Gasteiger partial charge in [0.2, 0.25) is 0 Å². The lowest BCUT2D eigenvalue weighted by Crippen LogP contribution is -2.20. The lowest BCUT2D eigenvalue weighted by atomic mass is 10.1. The van der Waals surface area contributed by atoms with Crippen molar-refractivity contribution in [2.24, 2.45) is 5.73 Å². The van der Waals surface area contributed by atoms with Crippen molar-refractivity contribution < 1.29 is 4.39 Å². The van der Waals surface area contributed by atoms with Crippen LogP contribution in [0.3, 0.4) is 0 Å². The zero-order chi connectivity index (χ0) is 12.3. The summed E-state index contributed by atoms with van der Waals surface area (Å²) in [6.07, 6.45) is 0. The molecular formula is C13H14FNS2. The summed E-state index contributed by atoms with van der Waals surface area (Å²) >= 11 is 3.47. The average Bonchev–Trinajstić information content (AvgIpc) is 2.82. The maximum Gasteiger partial charge on any atom is 0.123 e. The minimum atomic E-state index is -0.223. The van der Waals surface area contributed by atoms with E-state index in [1.807, 2.05) is 6.07 Å². The SMILES string of the molecule is CC(Sc1cccs1)C(N)c1ccc(F)cc1. The van der Waals surface area contributed by atoms with Gasteiger partial charge in [0.05, 0.1) is 4.21 Å². The summed E-state index contributed by atoms with van der Waals surface area (Å²) in [6, 6.07) is 10.5. The molecule has 0 saturated carbocycles. The molecular weight excluding hydrogens is 253 g/mol. The van der Waals surface area contributed by atoms with Crippen molar-refractivity contribution in [3.63, 3.8) is 0 Å². The normalized spacial score (nSPS) is 14.5. The summed E-state index contributed by atoms with van der Waals surface area (Å²) in [6.45, 7) is 2.10. The second-order valence-electron chi connectivity index (χ2n) is 3.83. The van der Waals surface area contributed by atoms with E-state index in [-0.39, 0.29) is 17.1 Å². The Kier molecular flexibility index (Phi) is 4.20. The van der Waals surface area contributed by atoms with E-state index >= 15 is 0 Å². The molecule has 0 aliphatic heterocycles. The van der Waals surface area contributed by atoms with E-state index in [0.29, 0.717) is 0 Å². The molecule has 2 atom stereocenters. The van der Waals surface area contributed by atoms with Crippen molar-refractivity contribution in [2.75, 3.05) is 0 Å². The van der Waals surface area contributed by atoms with Crippen molar-refractivity contribution in [1.82, 2.24) is 0 Å². The molecule has 90 valence electrons. The highest BCUT2D eigenvalue weighted by atomic mass is 32.2. The molecule has 0 aliphatic carbocycles. The second-order valence-corrected chi connectivity index (χ2v) is 6.46. The van der Waals surface area contributed by atoms with Gasteiger partial charge in [0.25, 0.3) is 0 Å². The van der Waals surface area contributed by atoms with Crippen molar-refractivity contribution in [3.8, 4) is 0 Å². The van der Waals surface area contributed by atoms with Gasteiger partial charge >= 0.3 is 0 Å². The van der Waals surface area contributed by atoms with Crippen LogP contribution in [-0.4, -0.2) is 5.25 Å². The predicted octanol–water partition coefficient (Wildman–Crippen LogP) is 4.07. The molecule has 0 amide bonds. The standard InChI is InChI=1S/C13H14FNS2/c1-9(17-12-3-2-8-16-12)13(15)10-4-6-11(14)7-5-10/h2-9,13H,15H2,1H3. The molecule has 1 heterocycles. The molecule has 4 heteroatoms. The van der Waals surface area contributed by atoms with Crippen LogP contribution in [0.1, 0.15) is 18.5 Å². The Balaban J connectivity index is 2.04. The van der Waals surface area contributed by atoms with Crippen LogP contribution in [0.5, 0.6) is 0 Å². The van der Waals surface area contributed by atoms with Gasteiger partial charge in [0, 0.05) is 11.3 Å². The lowest BCUT2D eigenvalue weighted by Gasteiger charge is -2.19. The maximum atomic E-state index is 12.8. The molecule has 17 heavy (non-hydrogen) atoms. The fraction of sp³-hybridized carbons (Fsp3) is 0.231. The Morgan fingerprint density at radius 1 is 1.24 bits per heavy atom. The molecule has 1 aromatic carbocycles. The van der Waals surface area contributed by atoms with Crippen molar-refractivity contribution >= 4 is 23.1 Å². The Morgan fingerprint density at radius 3 is 2.53 bits per heavy atom. The fourth-order valence-electron chi connectivity index (χ4n) is 1.54. The van der Waals surface area contributed by atoms with Crippen LogP contribution in [0.15, 0.2) is 46.0 Å². The monoisotopic (exact) mass is 267 g/mol. The van der Waals surface area contributed by atoms with E-state index in [1.165, 1.54) is 16.3 Å². The molecule has 0 spiro atoms. The Hall–Kier alpha value is -0.840. The maximum absolute atomic E-state index is 12.8. The van der Waals surface area contributed by atoms with Crippen LogP contribution >= 0.6 is 23.1 Å². The van der Waals surface area contributed by atoms with Crippen LogP contribution in [0.25, 0.3) is 0 Å². The highest BCUT2D eigenvalue weighted by molar-refractivity contribution is 8.01. The third-order valence-corrected chi connectivity index (χ3v) is 4.83. The Bertz CT molecular complexity index is 453. The molecule has 1 nitrogen and oxygen atoms in total. The molecule has 0 radical (unpaired) electrons. The minimum Gasteiger partial charge on any atom is -0.323 e. The van der Waals surface area contributed by atoms with E-state index in [9.17, 15) is 4.39 Å². The van der Waals surface area contributed by atoms with Gasteiger partial charge in [-0.15, -0.1) is 23.1 Å². The average molecular weight is 267 g/mol. The third kappa shape index (κ3) is 3.31. The zero-order valence-electron chi connectivity index (χ0n) is 9.47. The highest BCUT2D eigenvalue weighted by Crippen LogP contribution is 2.33. The number of thioether (sulfide) groups is 1. The van der Waals surface area contributed by atoms with Crippen LogP contribution in [-0.2, 0) is 0 Å². The predicted molar refractivity (Wildman–Crippen MR) is 73.0 cm³/mol. The van der Waals surface area contributed by atoms with Gasteiger partial charge in [-0.05, 0) is 29.1 Å². The summed E-state index contributed by atoms with van der Waals surface area (Å²) in [7, 11) is 0. The van der Waals surface area contributed by atoms with Gasteiger partial charge in [-0.3, -0.25) is 0 Å². The Labute approximate surface area is 109 Å². The lowest BCUT2D eigenvalue weighted by molar-refractivity contribution is 0.624. The van der Waals surface area contributed by atoms with E-state index in [0.717, 1.165) is 5.56 Å². The van der Waals surface area contributed by atoms with Crippen molar-refractivity contribution in [1.29, 1.82) is 0 Å². The fourth-order valence-corrected chi connectivity index (χ4v) is 3.66. The summed E-state index contributed by atoms with van der Waals surface area (Å²) in [5.74, 6) is -0.223. The second kappa shape index (κ2) is 5.67. The molecule has 0 fully saturated rings. The molecule has 0 saturated heterocycles. The molecule has 1 aromatic heterocycles. The summed E-state index contributed by atoms with van der Waals surface area (Å²) in [5, 5.41) is 2.32. The third-order valence-electron chi connectivity index (χ3n) is 2.56. The van der Waals surface area contributed by atoms with Crippen molar-refractivity contribution in [3.05, 3.63) is 53.2 Å². The summed E-state index contributed by atoms with van der Waals surface area (Å²) < 4.78 is 14.1. The van der Waals surface area contributed by atoms with Gasteiger partial charge in [0.1, 0.15) is 5.82 Å². The highest BCUT2D eigenvalue weighted by Gasteiger charge is 2.16. The van der Waals surface area contributed by atoms with Gasteiger partial charge < -0.3 is 5.73 Å². The van der Waals surface area contributed by atoms with Gasteiger partial charge in [-0.25, -0.2) is 4.39 Å². The zero-order valence-corrected chi connectivity index (χ0v) is 11.1. The van der Waals surface area contributed by atoms with Crippen LogP contribution in [0, 0.1) is 5.82 Å². The quantitative estimate of drug-likeness (QED) is 0.845. The number of thiophene rings is 1. The Morgan fingerprint density at radius 2 is 1.94 bits per heavy atom. The molecule has 2 N–H and O–H groups in total. The molecule has 2 unspecified atom stereocenters. The topological polar surface area (TPSA) is 26.0 Å². The van der Waals surface area contributed by atoms with E-state index < -0.39 is 0 Å². The first-order valence-corrected chi connectivity index (χ1v) is 7.14. The van der Waals surface area contributed by atoms with Gasteiger partial charge in [-0.2, -0.15) is 0 Å². The van der Waals surface area contributed by atoms with E-state index in [4.69, 9.17) is 5.73 Å². The van der Waals surface area contributed by atoms with Crippen LogP contribution in [0.2, 0.25) is 0 Å². The first-order chi connectivity index (χ1) is 8.16. The van der Waals surface area contributed by atoms with Crippen LogP contribution < -0.4 is 5.73 Å². The first-order valence-electron chi connectivity index (χ1n) is 5.38. The molecule has 0 aliphatic rings. The number of halogens is 1. The minimum absolute atomic E-state index is 0.0808. The number of rotatable bonds is 4. The number of benzene rings is 1. The van der Waals surface area contributed by atoms with Crippen molar-refractivity contribution in [2.45, 2.75) is 22.4 Å². The molecule has 2 aromatic rings. The summed E-state index contributed by atoms with van der Waals surface area (Å²) in [4.78, 5) is 0. The molecule has 0 bridgehead atoms. The number of nitrogens with two attached hydrogens (primary N) is 1. The largest absolute Gasteiger partial charge is 0.323 e. The van der Waals surface area contributed by atoms with Gasteiger partial charge in [-0.1, -0.05) is 25.1 Å². The molecule has 2 rings (SSSR count). The smallest absolute Gasteiger partial charge is 0.123 e. The number of hydrogen-bond acceptors (Lipinski definition) is 3. The number of hydrogen-bond donors (Lipinski definition) is 1.